The molecule has 0 heterocycles. The van der Waals surface area contributed by atoms with Gasteiger partial charge in [0.2, 0.25) is 0 Å². The Kier molecular flexibility index (Phi) is 3.34. The molecule has 1 atom stereocenters. The van der Waals surface area contributed by atoms with E-state index in [1.54, 1.807) is 0 Å². The molecule has 0 aromatic heterocycles. The molecule has 82 valence electrons. The third-order valence-electron chi connectivity index (χ3n) is 3.28. The summed E-state index contributed by atoms with van der Waals surface area (Å²) < 4.78 is 12.8. The normalized spacial score (nSPS) is 19.3. The molecule has 0 bridgehead atoms. The monoisotopic (exact) mass is 208 g/mol. The standard InChI is InChI=1S/C12H17FN2/c13-11-7-5-10(6-8-11)12(15-14)9-3-1-2-4-9/h5-9,12,15H,1-4,14H2. The number of hydrazine groups is 1. The van der Waals surface area contributed by atoms with Gasteiger partial charge in [-0.15, -0.1) is 0 Å². The second-order valence-electron chi connectivity index (χ2n) is 4.24. The van der Waals surface area contributed by atoms with Gasteiger partial charge in [0.25, 0.3) is 0 Å². The Morgan fingerprint density at radius 1 is 1.20 bits per heavy atom. The summed E-state index contributed by atoms with van der Waals surface area (Å²) in [6, 6.07) is 6.80. The van der Waals surface area contributed by atoms with Gasteiger partial charge in [0.1, 0.15) is 5.82 Å². The van der Waals surface area contributed by atoms with E-state index in [-0.39, 0.29) is 11.9 Å². The summed E-state index contributed by atoms with van der Waals surface area (Å²) in [5.74, 6) is 5.98. The summed E-state index contributed by atoms with van der Waals surface area (Å²) in [4.78, 5) is 0. The molecule has 3 heteroatoms. The predicted molar refractivity (Wildman–Crippen MR) is 58.4 cm³/mol. The summed E-state index contributed by atoms with van der Waals surface area (Å²) in [5, 5.41) is 0. The number of nitrogens with one attached hydrogen (secondary N) is 1. The van der Waals surface area contributed by atoms with E-state index < -0.39 is 0 Å². The van der Waals surface area contributed by atoms with Crippen molar-refractivity contribution >= 4 is 0 Å². The molecule has 1 aliphatic rings. The van der Waals surface area contributed by atoms with Gasteiger partial charge in [0, 0.05) is 6.04 Å². The van der Waals surface area contributed by atoms with Crippen molar-refractivity contribution in [3.63, 3.8) is 0 Å². The van der Waals surface area contributed by atoms with Crippen LogP contribution >= 0.6 is 0 Å². The van der Waals surface area contributed by atoms with Crippen molar-refractivity contribution in [1.82, 2.24) is 5.43 Å². The Bertz CT molecular complexity index is 304. The van der Waals surface area contributed by atoms with Crippen molar-refractivity contribution in [1.29, 1.82) is 0 Å². The molecular formula is C12H17FN2. The fourth-order valence-electron chi connectivity index (χ4n) is 2.47. The number of halogens is 1. The molecule has 2 nitrogen and oxygen atoms in total. The van der Waals surface area contributed by atoms with Crippen molar-refractivity contribution < 1.29 is 4.39 Å². The van der Waals surface area contributed by atoms with Gasteiger partial charge in [-0.1, -0.05) is 25.0 Å². The molecule has 1 aromatic carbocycles. The van der Waals surface area contributed by atoms with Crippen LogP contribution in [-0.2, 0) is 0 Å². The molecule has 1 unspecified atom stereocenters. The van der Waals surface area contributed by atoms with Crippen molar-refractivity contribution in [2.24, 2.45) is 11.8 Å². The Balaban J connectivity index is 2.14. The molecule has 1 saturated carbocycles. The first-order valence-electron chi connectivity index (χ1n) is 5.53. The fourth-order valence-corrected chi connectivity index (χ4v) is 2.47. The molecule has 0 spiro atoms. The minimum atomic E-state index is -0.194. The SMILES string of the molecule is NNC(c1ccc(F)cc1)C1CCCC1. The molecule has 1 fully saturated rings. The first-order chi connectivity index (χ1) is 7.31. The van der Waals surface area contributed by atoms with Gasteiger partial charge in [-0.05, 0) is 36.5 Å². The van der Waals surface area contributed by atoms with Crippen LogP contribution in [0.5, 0.6) is 0 Å². The van der Waals surface area contributed by atoms with E-state index in [0.29, 0.717) is 5.92 Å². The molecule has 0 saturated heterocycles. The first-order valence-corrected chi connectivity index (χ1v) is 5.53. The van der Waals surface area contributed by atoms with Gasteiger partial charge < -0.3 is 0 Å². The first kappa shape index (κ1) is 10.6. The number of nitrogens with two attached hydrogens (primary N) is 1. The van der Waals surface area contributed by atoms with Crippen LogP contribution in [0.3, 0.4) is 0 Å². The maximum Gasteiger partial charge on any atom is 0.123 e. The predicted octanol–water partition coefficient (Wildman–Crippen LogP) is 2.52. The largest absolute Gasteiger partial charge is 0.271 e. The zero-order valence-electron chi connectivity index (χ0n) is 8.75. The lowest BCUT2D eigenvalue weighted by molar-refractivity contribution is 0.373. The molecule has 0 amide bonds. The quantitative estimate of drug-likeness (QED) is 0.591. The summed E-state index contributed by atoms with van der Waals surface area (Å²) in [6.45, 7) is 0. The van der Waals surface area contributed by atoms with E-state index in [2.05, 4.69) is 5.43 Å². The van der Waals surface area contributed by atoms with Crippen molar-refractivity contribution in [3.05, 3.63) is 35.6 Å². The number of hydrogen-bond donors (Lipinski definition) is 2. The Morgan fingerprint density at radius 2 is 1.80 bits per heavy atom. The maximum atomic E-state index is 12.8. The average Bonchev–Trinajstić information content (AvgIpc) is 2.75. The molecule has 0 aliphatic heterocycles. The van der Waals surface area contributed by atoms with E-state index in [9.17, 15) is 4.39 Å². The van der Waals surface area contributed by atoms with Gasteiger partial charge in [-0.2, -0.15) is 0 Å². The highest BCUT2D eigenvalue weighted by atomic mass is 19.1. The highest BCUT2D eigenvalue weighted by molar-refractivity contribution is 5.20. The van der Waals surface area contributed by atoms with Crippen LogP contribution in [0.1, 0.15) is 37.3 Å². The minimum Gasteiger partial charge on any atom is -0.271 e. The van der Waals surface area contributed by atoms with Crippen LogP contribution in [0.2, 0.25) is 0 Å². The van der Waals surface area contributed by atoms with Crippen molar-refractivity contribution in [3.8, 4) is 0 Å². The fraction of sp³-hybridized carbons (Fsp3) is 0.500. The zero-order chi connectivity index (χ0) is 10.7. The highest BCUT2D eigenvalue weighted by Crippen LogP contribution is 2.35. The third-order valence-corrected chi connectivity index (χ3v) is 3.28. The van der Waals surface area contributed by atoms with Crippen molar-refractivity contribution in [2.45, 2.75) is 31.7 Å². The second kappa shape index (κ2) is 4.73. The van der Waals surface area contributed by atoms with Gasteiger partial charge in [-0.25, -0.2) is 4.39 Å². The summed E-state index contributed by atoms with van der Waals surface area (Å²) in [7, 11) is 0. The van der Waals surface area contributed by atoms with Crippen LogP contribution in [0.25, 0.3) is 0 Å². The third kappa shape index (κ3) is 2.36. The van der Waals surface area contributed by atoms with E-state index in [0.717, 1.165) is 5.56 Å². The summed E-state index contributed by atoms with van der Waals surface area (Å²) in [6.07, 6.45) is 4.99. The number of hydrogen-bond acceptors (Lipinski definition) is 2. The van der Waals surface area contributed by atoms with E-state index >= 15 is 0 Å². The molecule has 2 rings (SSSR count). The number of rotatable bonds is 3. The average molecular weight is 208 g/mol. The van der Waals surface area contributed by atoms with Crippen molar-refractivity contribution in [2.75, 3.05) is 0 Å². The lowest BCUT2D eigenvalue weighted by Crippen LogP contribution is -2.32. The molecule has 3 N–H and O–H groups in total. The lowest BCUT2D eigenvalue weighted by Gasteiger charge is -2.22. The van der Waals surface area contributed by atoms with Crippen LogP contribution in [0.4, 0.5) is 4.39 Å². The summed E-state index contributed by atoms with van der Waals surface area (Å²) in [5.41, 5.74) is 3.95. The van der Waals surface area contributed by atoms with Crippen LogP contribution in [-0.4, -0.2) is 0 Å². The maximum absolute atomic E-state index is 12.8. The van der Waals surface area contributed by atoms with Gasteiger partial charge in [-0.3, -0.25) is 11.3 Å². The lowest BCUT2D eigenvalue weighted by atomic mass is 9.92. The summed E-state index contributed by atoms with van der Waals surface area (Å²) >= 11 is 0. The highest BCUT2D eigenvalue weighted by Gasteiger charge is 2.25. The number of benzene rings is 1. The van der Waals surface area contributed by atoms with Gasteiger partial charge in [0.15, 0.2) is 0 Å². The van der Waals surface area contributed by atoms with E-state index in [1.165, 1.54) is 37.8 Å². The Hall–Kier alpha value is -0.930. The Morgan fingerprint density at radius 3 is 2.33 bits per heavy atom. The Labute approximate surface area is 89.6 Å². The van der Waals surface area contributed by atoms with E-state index in [1.807, 2.05) is 12.1 Å². The van der Waals surface area contributed by atoms with Gasteiger partial charge >= 0.3 is 0 Å². The second-order valence-corrected chi connectivity index (χ2v) is 4.24. The van der Waals surface area contributed by atoms with Crippen LogP contribution in [0, 0.1) is 11.7 Å². The minimum absolute atomic E-state index is 0.174. The molecule has 15 heavy (non-hydrogen) atoms. The van der Waals surface area contributed by atoms with Crippen LogP contribution < -0.4 is 11.3 Å². The molecule has 0 radical (unpaired) electrons. The molecule has 1 aliphatic carbocycles. The van der Waals surface area contributed by atoms with Gasteiger partial charge in [0.05, 0.1) is 0 Å². The zero-order valence-corrected chi connectivity index (χ0v) is 8.75. The molecular weight excluding hydrogens is 191 g/mol. The van der Waals surface area contributed by atoms with E-state index in [4.69, 9.17) is 5.84 Å². The smallest absolute Gasteiger partial charge is 0.123 e. The topological polar surface area (TPSA) is 38.0 Å². The van der Waals surface area contributed by atoms with Crippen LogP contribution in [0.15, 0.2) is 24.3 Å². The molecule has 1 aromatic rings.